The minimum absolute atomic E-state index is 0.0219. The van der Waals surface area contributed by atoms with Gasteiger partial charge in [-0.15, -0.1) is 0 Å². The van der Waals surface area contributed by atoms with E-state index in [-0.39, 0.29) is 11.9 Å². The maximum atomic E-state index is 12.3. The number of unbranched alkanes of at least 4 members (excludes halogenated alkanes) is 1. The number of rotatable bonds is 7. The normalized spacial score (nSPS) is 11.8. The van der Waals surface area contributed by atoms with E-state index >= 15 is 0 Å². The highest BCUT2D eigenvalue weighted by molar-refractivity contribution is 5.93. The molecule has 1 aromatic carbocycles. The zero-order valence-electron chi connectivity index (χ0n) is 14.1. The highest BCUT2D eigenvalue weighted by Crippen LogP contribution is 2.17. The zero-order valence-corrected chi connectivity index (χ0v) is 14.1. The van der Waals surface area contributed by atoms with Crippen molar-refractivity contribution >= 4 is 11.7 Å². The molecule has 1 heterocycles. The Morgan fingerprint density at radius 1 is 1.22 bits per heavy atom. The van der Waals surface area contributed by atoms with Crippen LogP contribution in [-0.4, -0.2) is 29.4 Å². The topological polar surface area (TPSA) is 45.2 Å². The van der Waals surface area contributed by atoms with Crippen molar-refractivity contribution in [1.29, 1.82) is 0 Å². The first-order valence-corrected chi connectivity index (χ1v) is 8.14. The number of hydrogen-bond acceptors (Lipinski definition) is 3. The third-order valence-electron chi connectivity index (χ3n) is 3.87. The van der Waals surface area contributed by atoms with Gasteiger partial charge < -0.3 is 10.2 Å². The van der Waals surface area contributed by atoms with Crippen molar-refractivity contribution < 1.29 is 4.79 Å². The van der Waals surface area contributed by atoms with Crippen molar-refractivity contribution in [3.8, 4) is 0 Å². The second-order valence-corrected chi connectivity index (χ2v) is 5.79. The van der Waals surface area contributed by atoms with E-state index in [1.807, 2.05) is 37.4 Å². The Hall–Kier alpha value is -2.36. The molecule has 1 amide bonds. The number of amides is 1. The summed E-state index contributed by atoms with van der Waals surface area (Å²) in [6.07, 6.45) is 3.74. The van der Waals surface area contributed by atoms with E-state index in [2.05, 4.69) is 36.3 Å². The molecule has 1 unspecified atom stereocenters. The summed E-state index contributed by atoms with van der Waals surface area (Å²) in [6, 6.07) is 14.1. The van der Waals surface area contributed by atoms with E-state index < -0.39 is 0 Å². The number of hydrogen-bond donors (Lipinski definition) is 1. The van der Waals surface area contributed by atoms with Gasteiger partial charge in [0.25, 0.3) is 5.91 Å². The van der Waals surface area contributed by atoms with Gasteiger partial charge in [0.2, 0.25) is 0 Å². The maximum absolute atomic E-state index is 12.3. The first kappa shape index (κ1) is 17.0. The molecular formula is C19H25N3O. The minimum atomic E-state index is 0.0219. The molecule has 0 aliphatic carbocycles. The first-order chi connectivity index (χ1) is 11.1. The Morgan fingerprint density at radius 2 is 1.96 bits per heavy atom. The molecule has 4 heteroatoms. The van der Waals surface area contributed by atoms with Gasteiger partial charge in [-0.1, -0.05) is 43.7 Å². The van der Waals surface area contributed by atoms with Crippen LogP contribution in [0.4, 0.5) is 5.82 Å². The molecule has 1 atom stereocenters. The largest absolute Gasteiger partial charge is 0.364 e. The number of nitrogens with zero attached hydrogens (tertiary/aromatic N) is 2. The standard InChI is InChI=1S/C19H25N3O/c1-4-5-13-22(3)19(23)17-11-12-18(20-14-17)21-15(2)16-9-7-6-8-10-16/h6-12,14-15H,4-5,13H2,1-3H3,(H,20,21). The second kappa shape index (κ2) is 8.32. The monoisotopic (exact) mass is 311 g/mol. The fraction of sp³-hybridized carbons (Fsp3) is 0.368. The summed E-state index contributed by atoms with van der Waals surface area (Å²) < 4.78 is 0. The molecule has 0 fully saturated rings. The molecule has 23 heavy (non-hydrogen) atoms. The highest BCUT2D eigenvalue weighted by atomic mass is 16.2. The highest BCUT2D eigenvalue weighted by Gasteiger charge is 2.12. The molecule has 2 rings (SSSR count). The summed E-state index contributed by atoms with van der Waals surface area (Å²) in [5, 5.41) is 3.35. The molecule has 0 saturated carbocycles. The van der Waals surface area contributed by atoms with E-state index in [4.69, 9.17) is 0 Å². The average molecular weight is 311 g/mol. The van der Waals surface area contributed by atoms with Crippen molar-refractivity contribution in [3.05, 3.63) is 59.8 Å². The van der Waals surface area contributed by atoms with Crippen LogP contribution in [0.25, 0.3) is 0 Å². The molecule has 4 nitrogen and oxygen atoms in total. The van der Waals surface area contributed by atoms with Crippen molar-refractivity contribution in [2.45, 2.75) is 32.7 Å². The third-order valence-corrected chi connectivity index (χ3v) is 3.87. The van der Waals surface area contributed by atoms with Crippen LogP contribution in [0.2, 0.25) is 0 Å². The van der Waals surface area contributed by atoms with Gasteiger partial charge in [0.05, 0.1) is 5.56 Å². The van der Waals surface area contributed by atoms with Crippen LogP contribution >= 0.6 is 0 Å². The number of anilines is 1. The second-order valence-electron chi connectivity index (χ2n) is 5.79. The Kier molecular flexibility index (Phi) is 6.15. The van der Waals surface area contributed by atoms with Crippen LogP contribution in [0.1, 0.15) is 48.7 Å². The number of benzene rings is 1. The summed E-state index contributed by atoms with van der Waals surface area (Å²) in [5.74, 6) is 0.794. The SMILES string of the molecule is CCCCN(C)C(=O)c1ccc(NC(C)c2ccccc2)nc1. The summed E-state index contributed by atoms with van der Waals surface area (Å²) in [7, 11) is 1.83. The number of aromatic nitrogens is 1. The van der Waals surface area contributed by atoms with Gasteiger partial charge in [-0.3, -0.25) is 4.79 Å². The molecule has 0 spiro atoms. The van der Waals surface area contributed by atoms with Crippen molar-refractivity contribution in [1.82, 2.24) is 9.88 Å². The Bertz CT molecular complexity index is 610. The van der Waals surface area contributed by atoms with Gasteiger partial charge in [0, 0.05) is 25.8 Å². The van der Waals surface area contributed by atoms with Gasteiger partial charge in [-0.2, -0.15) is 0 Å². The van der Waals surface area contributed by atoms with Crippen LogP contribution < -0.4 is 5.32 Å². The maximum Gasteiger partial charge on any atom is 0.255 e. The van der Waals surface area contributed by atoms with Gasteiger partial charge >= 0.3 is 0 Å². The van der Waals surface area contributed by atoms with Crippen LogP contribution in [0.15, 0.2) is 48.7 Å². The van der Waals surface area contributed by atoms with Gasteiger partial charge in [0.15, 0.2) is 0 Å². The lowest BCUT2D eigenvalue weighted by Crippen LogP contribution is -2.27. The Labute approximate surface area is 138 Å². The molecule has 1 N–H and O–H groups in total. The van der Waals surface area contributed by atoms with E-state index in [1.165, 1.54) is 5.56 Å². The number of nitrogens with one attached hydrogen (secondary N) is 1. The predicted molar refractivity (Wildman–Crippen MR) is 94.6 cm³/mol. The molecule has 0 radical (unpaired) electrons. The molecule has 0 saturated heterocycles. The van der Waals surface area contributed by atoms with Gasteiger partial charge in [-0.05, 0) is 31.0 Å². The van der Waals surface area contributed by atoms with E-state index in [1.54, 1.807) is 11.1 Å². The summed E-state index contributed by atoms with van der Waals surface area (Å²) in [4.78, 5) is 18.4. The zero-order chi connectivity index (χ0) is 16.7. The first-order valence-electron chi connectivity index (χ1n) is 8.14. The molecular weight excluding hydrogens is 286 g/mol. The average Bonchev–Trinajstić information content (AvgIpc) is 2.60. The summed E-state index contributed by atoms with van der Waals surface area (Å²) >= 11 is 0. The van der Waals surface area contributed by atoms with Crippen LogP contribution in [0.5, 0.6) is 0 Å². The molecule has 0 aliphatic heterocycles. The number of carbonyl (C=O) groups is 1. The molecule has 0 aliphatic rings. The summed E-state index contributed by atoms with van der Waals surface area (Å²) in [5.41, 5.74) is 1.83. The van der Waals surface area contributed by atoms with E-state index in [0.717, 1.165) is 25.2 Å². The number of carbonyl (C=O) groups excluding carboxylic acids is 1. The van der Waals surface area contributed by atoms with Crippen molar-refractivity contribution in [3.63, 3.8) is 0 Å². The summed E-state index contributed by atoms with van der Waals surface area (Å²) in [6.45, 7) is 4.99. The van der Waals surface area contributed by atoms with Crippen molar-refractivity contribution in [2.75, 3.05) is 18.9 Å². The lowest BCUT2D eigenvalue weighted by Gasteiger charge is -2.17. The predicted octanol–water partition coefficient (Wildman–Crippen LogP) is 4.13. The quantitative estimate of drug-likeness (QED) is 0.836. The lowest BCUT2D eigenvalue weighted by molar-refractivity contribution is 0.0793. The van der Waals surface area contributed by atoms with Gasteiger partial charge in [-0.25, -0.2) is 4.98 Å². The third kappa shape index (κ3) is 4.81. The number of pyridine rings is 1. The molecule has 1 aromatic heterocycles. The van der Waals surface area contributed by atoms with Gasteiger partial charge in [0.1, 0.15) is 5.82 Å². The Balaban J connectivity index is 1.98. The molecule has 0 bridgehead atoms. The smallest absolute Gasteiger partial charge is 0.255 e. The lowest BCUT2D eigenvalue weighted by atomic mass is 10.1. The minimum Gasteiger partial charge on any atom is -0.364 e. The molecule has 2 aromatic rings. The van der Waals surface area contributed by atoms with E-state index in [9.17, 15) is 4.79 Å². The van der Waals surface area contributed by atoms with Crippen LogP contribution in [0.3, 0.4) is 0 Å². The fourth-order valence-electron chi connectivity index (χ4n) is 2.37. The van der Waals surface area contributed by atoms with E-state index in [0.29, 0.717) is 5.56 Å². The van der Waals surface area contributed by atoms with Crippen LogP contribution in [-0.2, 0) is 0 Å². The Morgan fingerprint density at radius 3 is 2.57 bits per heavy atom. The van der Waals surface area contributed by atoms with Crippen molar-refractivity contribution in [2.24, 2.45) is 0 Å². The van der Waals surface area contributed by atoms with Crippen LogP contribution in [0, 0.1) is 0 Å². The fourth-order valence-corrected chi connectivity index (χ4v) is 2.37. The molecule has 122 valence electrons.